The molecular weight excluding hydrogens is 364 g/mol. The Kier molecular flexibility index (Phi) is 7.21. The summed E-state index contributed by atoms with van der Waals surface area (Å²) in [5.41, 5.74) is 6.59. The second-order valence-electron chi connectivity index (χ2n) is 5.75. The first-order chi connectivity index (χ1) is 13.4. The Hall–Kier alpha value is -3.75. The molecule has 0 aliphatic carbocycles. The van der Waals surface area contributed by atoms with Gasteiger partial charge in [0.15, 0.2) is 0 Å². The van der Waals surface area contributed by atoms with E-state index in [1.165, 1.54) is 5.56 Å². The fourth-order valence-electron chi connectivity index (χ4n) is 2.30. The van der Waals surface area contributed by atoms with Crippen LogP contribution in [0.3, 0.4) is 0 Å². The topological polar surface area (TPSA) is 123 Å². The maximum absolute atomic E-state index is 9.10. The number of aliphatic carboxylic acids is 2. The Bertz CT molecular complexity index is 840. The van der Waals surface area contributed by atoms with E-state index >= 15 is 0 Å². The zero-order valence-corrected chi connectivity index (χ0v) is 15.5. The summed E-state index contributed by atoms with van der Waals surface area (Å²) in [7, 11) is 1.67. The van der Waals surface area contributed by atoms with Crippen LogP contribution < -0.4 is 20.5 Å². The number of aryl methyl sites for hydroxylation is 1. The number of ether oxygens (including phenoxy) is 1. The van der Waals surface area contributed by atoms with Gasteiger partial charge in [0.05, 0.1) is 25.0 Å². The Labute approximate surface area is 162 Å². The lowest BCUT2D eigenvalue weighted by Gasteiger charge is -2.26. The van der Waals surface area contributed by atoms with Crippen molar-refractivity contribution >= 4 is 29.3 Å². The highest BCUT2D eigenvalue weighted by atomic mass is 16.5. The van der Waals surface area contributed by atoms with Gasteiger partial charge in [0, 0.05) is 12.6 Å². The number of hydrazine groups is 1. The molecule has 3 rings (SSSR count). The van der Waals surface area contributed by atoms with E-state index in [2.05, 4.69) is 46.9 Å². The summed E-state index contributed by atoms with van der Waals surface area (Å²) in [6.07, 6.45) is 0. The predicted octanol–water partition coefficient (Wildman–Crippen LogP) is 1.76. The number of nitrogens with zero attached hydrogens (tertiary/aromatic N) is 2. The molecule has 0 spiro atoms. The number of hydrogen-bond donors (Lipinski definition) is 4. The van der Waals surface area contributed by atoms with Crippen LogP contribution >= 0.6 is 0 Å². The number of rotatable bonds is 4. The summed E-state index contributed by atoms with van der Waals surface area (Å²) >= 11 is 0. The van der Waals surface area contributed by atoms with Gasteiger partial charge in [0.2, 0.25) is 5.96 Å². The zero-order chi connectivity index (χ0) is 20.5. The molecule has 0 saturated heterocycles. The lowest BCUT2D eigenvalue weighted by atomic mass is 10.2. The van der Waals surface area contributed by atoms with E-state index in [9.17, 15) is 0 Å². The first-order valence-corrected chi connectivity index (χ1v) is 8.42. The van der Waals surface area contributed by atoms with E-state index < -0.39 is 11.9 Å². The molecule has 0 amide bonds. The van der Waals surface area contributed by atoms with Gasteiger partial charge in [-0.1, -0.05) is 23.8 Å². The van der Waals surface area contributed by atoms with Crippen molar-refractivity contribution in [2.24, 2.45) is 4.99 Å². The van der Waals surface area contributed by atoms with Gasteiger partial charge in [-0.15, -0.1) is 0 Å². The molecule has 0 saturated carbocycles. The minimum Gasteiger partial charge on any atom is -0.497 e. The molecule has 0 unspecified atom stereocenters. The molecule has 2 aromatic rings. The fraction of sp³-hybridized carbons (Fsp3) is 0.211. The van der Waals surface area contributed by atoms with Crippen molar-refractivity contribution in [3.63, 3.8) is 0 Å². The second-order valence-corrected chi connectivity index (χ2v) is 5.75. The molecule has 0 atom stereocenters. The van der Waals surface area contributed by atoms with Crippen LogP contribution in [0.25, 0.3) is 0 Å². The first kappa shape index (κ1) is 20.6. The minimum absolute atomic E-state index is 0.781. The van der Waals surface area contributed by atoms with Crippen molar-refractivity contribution in [2.45, 2.75) is 6.92 Å². The minimum atomic E-state index is -1.82. The largest absolute Gasteiger partial charge is 0.497 e. The van der Waals surface area contributed by atoms with Crippen LogP contribution in [-0.2, 0) is 9.59 Å². The molecule has 1 aliphatic heterocycles. The van der Waals surface area contributed by atoms with Crippen LogP contribution in [0, 0.1) is 6.92 Å². The Balaban J connectivity index is 0.000000409. The van der Waals surface area contributed by atoms with E-state index in [-0.39, 0.29) is 0 Å². The van der Waals surface area contributed by atoms with Gasteiger partial charge in [-0.3, -0.25) is 15.4 Å². The third-order valence-corrected chi connectivity index (χ3v) is 3.68. The monoisotopic (exact) mass is 386 g/mol. The maximum atomic E-state index is 9.10. The number of carbonyl (C=O) groups is 2. The number of anilines is 2. The van der Waals surface area contributed by atoms with Gasteiger partial charge in [-0.05, 0) is 31.2 Å². The van der Waals surface area contributed by atoms with Crippen molar-refractivity contribution < 1.29 is 24.5 Å². The van der Waals surface area contributed by atoms with E-state index in [1.807, 2.05) is 29.3 Å². The first-order valence-electron chi connectivity index (χ1n) is 8.42. The number of nitrogens with one attached hydrogen (secondary N) is 2. The van der Waals surface area contributed by atoms with Gasteiger partial charge < -0.3 is 20.3 Å². The van der Waals surface area contributed by atoms with Crippen molar-refractivity contribution in [1.29, 1.82) is 0 Å². The van der Waals surface area contributed by atoms with Gasteiger partial charge in [-0.25, -0.2) is 9.59 Å². The van der Waals surface area contributed by atoms with Crippen LogP contribution in [-0.4, -0.2) is 48.3 Å². The Morgan fingerprint density at radius 2 is 1.79 bits per heavy atom. The molecule has 1 heterocycles. The molecule has 9 nitrogen and oxygen atoms in total. The molecule has 28 heavy (non-hydrogen) atoms. The summed E-state index contributed by atoms with van der Waals surface area (Å²) in [6, 6.07) is 16.3. The highest BCUT2D eigenvalue weighted by molar-refractivity contribution is 6.27. The number of carboxylic acids is 2. The smallest absolute Gasteiger partial charge is 0.414 e. The van der Waals surface area contributed by atoms with E-state index in [0.717, 1.165) is 36.2 Å². The quantitative estimate of drug-likeness (QED) is 0.463. The molecule has 0 aromatic heterocycles. The van der Waals surface area contributed by atoms with E-state index in [1.54, 1.807) is 7.11 Å². The van der Waals surface area contributed by atoms with Crippen LogP contribution in [0.2, 0.25) is 0 Å². The molecule has 9 heteroatoms. The van der Waals surface area contributed by atoms with Crippen molar-refractivity contribution in [3.05, 3.63) is 54.1 Å². The maximum Gasteiger partial charge on any atom is 0.414 e. The lowest BCUT2D eigenvalue weighted by molar-refractivity contribution is -0.159. The van der Waals surface area contributed by atoms with Crippen molar-refractivity contribution in [3.8, 4) is 5.75 Å². The molecule has 148 valence electrons. The van der Waals surface area contributed by atoms with Crippen molar-refractivity contribution in [2.75, 3.05) is 25.2 Å². The normalized spacial score (nSPS) is 12.0. The summed E-state index contributed by atoms with van der Waals surface area (Å²) < 4.78 is 5.33. The highest BCUT2D eigenvalue weighted by Crippen LogP contribution is 2.26. The van der Waals surface area contributed by atoms with Gasteiger partial charge >= 0.3 is 11.9 Å². The molecule has 0 fully saturated rings. The number of guanidine groups is 1. The third kappa shape index (κ3) is 5.90. The summed E-state index contributed by atoms with van der Waals surface area (Å²) in [5.74, 6) is -2.05. The van der Waals surface area contributed by atoms with Crippen molar-refractivity contribution in [1.82, 2.24) is 10.7 Å². The molecule has 1 aliphatic rings. The number of aliphatic imine (C=N–C) groups is 1. The van der Waals surface area contributed by atoms with Crippen LogP contribution in [0.5, 0.6) is 5.75 Å². The van der Waals surface area contributed by atoms with Crippen LogP contribution in [0.1, 0.15) is 5.56 Å². The Morgan fingerprint density at radius 3 is 2.32 bits per heavy atom. The van der Waals surface area contributed by atoms with Gasteiger partial charge in [0.1, 0.15) is 5.75 Å². The average Bonchev–Trinajstić information content (AvgIpc) is 3.21. The summed E-state index contributed by atoms with van der Waals surface area (Å²) in [6.45, 7) is 3.74. The van der Waals surface area contributed by atoms with E-state index in [0.29, 0.717) is 0 Å². The molecular formula is C19H22N4O5. The Morgan fingerprint density at radius 1 is 1.11 bits per heavy atom. The molecule has 2 aromatic carbocycles. The highest BCUT2D eigenvalue weighted by Gasteiger charge is 2.14. The summed E-state index contributed by atoms with van der Waals surface area (Å²) in [4.78, 5) is 22.6. The number of benzene rings is 2. The number of methoxy groups -OCH3 is 1. The van der Waals surface area contributed by atoms with Crippen LogP contribution in [0.4, 0.5) is 11.4 Å². The number of carboxylic acid groups (broad SMARTS) is 2. The number of hydrogen-bond acceptors (Lipinski definition) is 7. The fourth-order valence-corrected chi connectivity index (χ4v) is 2.30. The van der Waals surface area contributed by atoms with E-state index in [4.69, 9.17) is 24.5 Å². The standard InChI is InChI=1S/C17H20N4O.C2H2O4/c1-13-6-8-14(9-7-13)21(20-17-18-10-11-19-17)15-4-3-5-16(12-15)22-2;3-1(4)2(5)6/h3-9,12H,10-11H2,1-2H3,(H2,18,19,20);(H,3,4)(H,5,6). The molecule has 0 bridgehead atoms. The zero-order valence-electron chi connectivity index (χ0n) is 15.5. The summed E-state index contributed by atoms with van der Waals surface area (Å²) in [5, 5.41) is 20.0. The third-order valence-electron chi connectivity index (χ3n) is 3.68. The van der Waals surface area contributed by atoms with Gasteiger partial charge in [0.25, 0.3) is 0 Å². The molecule has 4 N–H and O–H groups in total. The van der Waals surface area contributed by atoms with Crippen LogP contribution in [0.15, 0.2) is 53.5 Å². The molecule has 0 radical (unpaired) electrons. The lowest BCUT2D eigenvalue weighted by Crippen LogP contribution is -2.44. The average molecular weight is 386 g/mol. The van der Waals surface area contributed by atoms with Gasteiger partial charge in [-0.2, -0.15) is 0 Å². The SMILES string of the molecule is COc1cccc(N(NC2=NCCN2)c2ccc(C)cc2)c1.O=C(O)C(=O)O. The second kappa shape index (κ2) is 9.81. The predicted molar refractivity (Wildman–Crippen MR) is 105 cm³/mol.